The quantitative estimate of drug-likeness (QED) is 0.0204. The molecule has 4 aliphatic rings. The number of amides is 9. The molecule has 9 amide bonds. The van der Waals surface area contributed by atoms with Crippen molar-refractivity contribution in [3.63, 3.8) is 0 Å². The molecule has 1 aromatic carbocycles. The SMILES string of the molecule is CC(C)[C@H](NC(=O)CCN1C(=O)C=CC1=O)C(=O)N[C@@H](CCCNC(N)=O)C(=O)Nc1ccc(COC(=O)NCCCC(=O)Nc2ncnc3c2ncn3[C@@H]2O[C@@H]3COP(O)(=S)O[C@@H]4C(COP(=O)(S)O[C@H]3[C@H]2F)O[C@@H](n2cnc3c(N)ncnc32)[C@@H]4F)cc1. The monoisotopic (exact) mass is 1340 g/mol. The van der Waals surface area contributed by atoms with E-state index in [9.17, 15) is 47.8 Å². The number of hydrogen-bond acceptors (Lipinski definition) is 24. The van der Waals surface area contributed by atoms with Crippen molar-refractivity contribution < 1.29 is 88.9 Å². The zero-order valence-electron chi connectivity index (χ0n) is 47.6. The Kier molecular flexibility index (Phi) is 21.5. The lowest BCUT2D eigenvalue weighted by Crippen LogP contribution is -2.54. The van der Waals surface area contributed by atoms with Gasteiger partial charge in [0.2, 0.25) is 23.6 Å². The van der Waals surface area contributed by atoms with E-state index in [1.54, 1.807) is 26.0 Å². The number of nitrogen functional groups attached to an aromatic ring is 1. The van der Waals surface area contributed by atoms with Gasteiger partial charge < -0.3 is 67.0 Å². The van der Waals surface area contributed by atoms with Gasteiger partial charge in [0, 0.05) is 50.3 Å². The minimum absolute atomic E-state index is 0.000989. The smallest absolute Gasteiger partial charge is 0.407 e. The number of benzene rings is 1. The number of ether oxygens (including phenoxy) is 3. The van der Waals surface area contributed by atoms with Gasteiger partial charge in [-0.2, -0.15) is 0 Å². The molecule has 34 nitrogen and oxygen atoms in total. The van der Waals surface area contributed by atoms with E-state index in [0.717, 1.165) is 40.6 Å². The van der Waals surface area contributed by atoms with Gasteiger partial charge >= 0.3 is 25.6 Å². The van der Waals surface area contributed by atoms with Crippen LogP contribution in [0.15, 0.2) is 61.7 Å². The number of nitrogens with zero attached hydrogens (tertiary/aromatic N) is 9. The van der Waals surface area contributed by atoms with Crippen LogP contribution in [0.3, 0.4) is 0 Å². The van der Waals surface area contributed by atoms with Crippen LogP contribution in [0.5, 0.6) is 0 Å². The summed E-state index contributed by atoms with van der Waals surface area (Å²) >= 11 is 9.30. The second-order valence-electron chi connectivity index (χ2n) is 20.9. The number of nitrogens with two attached hydrogens (primary N) is 2. The van der Waals surface area contributed by atoms with Gasteiger partial charge in [0.15, 0.2) is 53.2 Å². The second-order valence-corrected chi connectivity index (χ2v) is 26.5. The Morgan fingerprint density at radius 2 is 1.40 bits per heavy atom. The summed E-state index contributed by atoms with van der Waals surface area (Å²) in [7, 11) is 0. The molecule has 11 N–H and O–H groups in total. The fourth-order valence-electron chi connectivity index (χ4n) is 9.69. The maximum absolute atomic E-state index is 16.7. The van der Waals surface area contributed by atoms with Gasteiger partial charge in [0.25, 0.3) is 11.8 Å². The lowest BCUT2D eigenvalue weighted by molar-refractivity contribution is -0.137. The number of fused-ring (bicyclic) bond motifs is 4. The van der Waals surface area contributed by atoms with Crippen molar-refractivity contribution in [1.82, 2.24) is 65.2 Å². The number of carbonyl (C=O) groups excluding carboxylic acids is 8. The van der Waals surface area contributed by atoms with Crippen molar-refractivity contribution in [2.24, 2.45) is 11.7 Å². The fourth-order valence-corrected chi connectivity index (χ4v) is 12.6. The molecule has 0 spiro atoms. The summed E-state index contributed by atoms with van der Waals surface area (Å²) in [5.74, 6) is -4.12. The molecule has 0 radical (unpaired) electrons. The number of alkyl carbamates (subject to hydrolysis) is 1. The molecule has 5 aromatic rings. The average Bonchev–Trinajstić information content (AvgIpc) is 1.66. The van der Waals surface area contributed by atoms with Crippen LogP contribution in [0.4, 0.5) is 35.7 Å². The molecular formula is C50H61F2N17O17P2S2. The number of alkyl halides is 2. The maximum Gasteiger partial charge on any atom is 0.407 e. The number of carbonyl (C=O) groups is 8. The van der Waals surface area contributed by atoms with Gasteiger partial charge in [-0.15, -0.1) is 0 Å². The Hall–Kier alpha value is -7.77. The third-order valence-corrected chi connectivity index (χ3v) is 17.3. The van der Waals surface area contributed by atoms with Crippen LogP contribution in [0.2, 0.25) is 0 Å². The molecule has 3 saturated heterocycles. The Labute approximate surface area is 518 Å². The minimum Gasteiger partial charge on any atom is -0.445 e. The molecule has 4 aliphatic heterocycles. The highest BCUT2D eigenvalue weighted by Gasteiger charge is 2.54. The largest absolute Gasteiger partial charge is 0.445 e. The number of aromatic nitrogens is 8. The van der Waals surface area contributed by atoms with Gasteiger partial charge in [0.05, 0.1) is 25.9 Å². The third kappa shape index (κ3) is 16.4. The molecule has 0 aliphatic carbocycles. The zero-order chi connectivity index (χ0) is 64.6. The number of halogens is 2. The number of thiol groups is 1. The van der Waals surface area contributed by atoms with Crippen molar-refractivity contribution in [2.75, 3.05) is 49.2 Å². The first-order valence-electron chi connectivity index (χ1n) is 27.6. The van der Waals surface area contributed by atoms with Gasteiger partial charge in [0.1, 0.15) is 61.3 Å². The highest BCUT2D eigenvalue weighted by atomic mass is 32.7. The van der Waals surface area contributed by atoms with Gasteiger partial charge in [-0.1, -0.05) is 38.2 Å². The van der Waals surface area contributed by atoms with Crippen molar-refractivity contribution >= 4 is 125 Å². The van der Waals surface area contributed by atoms with E-state index in [0.29, 0.717) is 11.3 Å². The molecule has 12 atom stereocenters. The highest BCUT2D eigenvalue weighted by molar-refractivity contribution is 8.44. The summed E-state index contributed by atoms with van der Waals surface area (Å²) in [5, 5.41) is 15.6. The Balaban J connectivity index is 0.728. The van der Waals surface area contributed by atoms with Crippen molar-refractivity contribution in [3.8, 4) is 0 Å². The van der Waals surface area contributed by atoms with E-state index in [1.165, 1.54) is 23.0 Å². The van der Waals surface area contributed by atoms with Gasteiger partial charge in [-0.05, 0) is 54.7 Å². The fraction of sp³-hybridized carbons (Fsp3) is 0.480. The van der Waals surface area contributed by atoms with E-state index in [2.05, 4.69) is 74.1 Å². The summed E-state index contributed by atoms with van der Waals surface area (Å²) in [4.78, 5) is 138. The van der Waals surface area contributed by atoms with Crippen molar-refractivity contribution in [1.29, 1.82) is 0 Å². The summed E-state index contributed by atoms with van der Waals surface area (Å²) in [6.45, 7) is -7.38. The Morgan fingerprint density at radius 3 is 2.06 bits per heavy atom. The molecule has 40 heteroatoms. The normalized spacial score (nSPS) is 25.8. The van der Waals surface area contributed by atoms with E-state index in [4.69, 9.17) is 55.6 Å². The molecule has 4 aromatic heterocycles. The molecule has 90 heavy (non-hydrogen) atoms. The highest BCUT2D eigenvalue weighted by Crippen LogP contribution is 2.59. The maximum atomic E-state index is 16.7. The van der Waals surface area contributed by atoms with Crippen LogP contribution in [0, 0.1) is 5.92 Å². The molecular weight excluding hydrogens is 1270 g/mol. The number of anilines is 3. The van der Waals surface area contributed by atoms with E-state index < -0.39 is 142 Å². The van der Waals surface area contributed by atoms with Crippen molar-refractivity contribution in [2.45, 2.75) is 114 Å². The summed E-state index contributed by atoms with van der Waals surface area (Å²) < 4.78 is 88.6. The molecule has 484 valence electrons. The molecule has 0 bridgehead atoms. The van der Waals surface area contributed by atoms with Crippen LogP contribution in [0.1, 0.15) is 64.0 Å². The molecule has 9 rings (SSSR count). The number of hydrogen-bond donors (Lipinski definition) is 10. The Bertz CT molecular complexity index is 3650. The van der Waals surface area contributed by atoms with Crippen molar-refractivity contribution in [3.05, 3.63) is 67.3 Å². The number of nitrogens with one attached hydrogen (secondary N) is 6. The molecule has 8 heterocycles. The van der Waals surface area contributed by atoms with E-state index >= 15 is 8.78 Å². The average molecular weight is 1340 g/mol. The summed E-state index contributed by atoms with van der Waals surface area (Å²) in [6.07, 6.45) is -7.88. The summed E-state index contributed by atoms with van der Waals surface area (Å²) in [5.41, 5.74) is 12.1. The van der Waals surface area contributed by atoms with Gasteiger partial charge in [-0.25, -0.2) is 52.8 Å². The number of imide groups is 1. The number of urea groups is 1. The minimum atomic E-state index is -4.56. The zero-order valence-corrected chi connectivity index (χ0v) is 51.1. The lowest BCUT2D eigenvalue weighted by atomic mass is 10.0. The first-order chi connectivity index (χ1) is 42.8. The van der Waals surface area contributed by atoms with E-state index in [-0.39, 0.29) is 92.3 Å². The topological polar surface area (TPSA) is 453 Å². The van der Waals surface area contributed by atoms with Crippen LogP contribution < -0.4 is 43.4 Å². The van der Waals surface area contributed by atoms with Crippen LogP contribution in [0.25, 0.3) is 22.3 Å². The first-order valence-corrected chi connectivity index (χ1v) is 32.9. The molecule has 0 saturated carbocycles. The molecule has 3 unspecified atom stereocenters. The van der Waals surface area contributed by atoms with Crippen LogP contribution in [-0.2, 0) is 84.1 Å². The van der Waals surface area contributed by atoms with Crippen LogP contribution in [-0.4, -0.2) is 178 Å². The number of primary amides is 1. The third-order valence-electron chi connectivity index (χ3n) is 14.2. The number of imidazole rings is 2. The van der Waals surface area contributed by atoms with E-state index in [1.807, 2.05) is 0 Å². The second kappa shape index (κ2) is 29.0. The molecule has 3 fully saturated rings. The van der Waals surface area contributed by atoms with Gasteiger partial charge in [-0.3, -0.25) is 56.4 Å². The predicted molar refractivity (Wildman–Crippen MR) is 315 cm³/mol. The Morgan fingerprint density at radius 1 is 0.789 bits per heavy atom. The number of rotatable bonds is 22. The standard InChI is InChI=1S/C50H61F2N17O17P2S2/c1-24(2)36(65-31(71)13-16-67-32(72)11-12-33(67)73)46(75)64-27(5-3-14-55-49(54)76)45(74)63-26-9-7-25(8-10-26)17-80-50(77)56-15-4-6-30(70)66-42-38-44(60-21-58-42)69(23-62-38)48-35(52)40-29(84-48)19-82-87(78,89)85-39-28(18-81-88(79,90)86-40)83-47(34(39)51)68-22-61-37-41(53)57-20-59-43(37)68/h7-12,20-24,27-29,34-36,39-40,47-48H,3-6,13-19H2,1-2H3,(H,56,77)(H,63,74)(H,64,75)(H,65,71)(H,78,89)(H,79,90)(H2,53,57,59)(H3,54,55,76)(H,58,60,66,70)/t27-,28?,29+,34+,35+,36-,39+,40+,47+,48+,87?,88?/m0/s1. The first kappa shape index (κ1) is 66.6. The van der Waals surface area contributed by atoms with Crippen LogP contribution >= 0.6 is 25.8 Å². The predicted octanol–water partition coefficient (Wildman–Crippen LogP) is 1.76. The lowest BCUT2D eigenvalue weighted by Gasteiger charge is -2.29. The summed E-state index contributed by atoms with van der Waals surface area (Å²) in [6, 6.07) is 3.16.